The predicted molar refractivity (Wildman–Crippen MR) is 133 cm³/mol. The summed E-state index contributed by atoms with van der Waals surface area (Å²) in [6, 6.07) is 6.53. The highest BCUT2D eigenvalue weighted by molar-refractivity contribution is 6.29. The molecular formula is C24H24ClN7O3. The number of hydrogen-bond donors (Lipinski definition) is 2. The highest BCUT2D eigenvalue weighted by Crippen LogP contribution is 2.31. The topological polar surface area (TPSA) is 118 Å². The van der Waals surface area contributed by atoms with Crippen molar-refractivity contribution in [2.75, 3.05) is 10.2 Å². The van der Waals surface area contributed by atoms with E-state index < -0.39 is 5.97 Å². The smallest absolute Gasteiger partial charge is 0.356 e. The molecule has 0 saturated carbocycles. The number of benzene rings is 1. The first-order valence-electron chi connectivity index (χ1n) is 11.1. The summed E-state index contributed by atoms with van der Waals surface area (Å²) in [7, 11) is 3.62. The molecule has 1 aromatic carbocycles. The van der Waals surface area contributed by atoms with Crippen LogP contribution in [0.15, 0.2) is 35.3 Å². The predicted octanol–water partition coefficient (Wildman–Crippen LogP) is 3.42. The number of halogens is 1. The Kier molecular flexibility index (Phi) is 5.47. The Labute approximate surface area is 205 Å². The van der Waals surface area contributed by atoms with Crippen LogP contribution in [-0.2, 0) is 27.2 Å². The lowest BCUT2D eigenvalue weighted by Crippen LogP contribution is -2.29. The number of aromatic nitrogens is 5. The van der Waals surface area contributed by atoms with E-state index >= 15 is 0 Å². The number of nitrogens with zero attached hydrogens (tertiary/aromatic N) is 6. The first-order chi connectivity index (χ1) is 16.6. The van der Waals surface area contributed by atoms with Crippen molar-refractivity contribution in [3.8, 4) is 0 Å². The van der Waals surface area contributed by atoms with E-state index in [-0.39, 0.29) is 22.4 Å². The van der Waals surface area contributed by atoms with Gasteiger partial charge in [-0.1, -0.05) is 17.7 Å². The average molecular weight is 494 g/mol. The summed E-state index contributed by atoms with van der Waals surface area (Å²) in [5.41, 5.74) is 4.34. The second-order valence-electron chi connectivity index (χ2n) is 8.86. The molecular weight excluding hydrogens is 470 g/mol. The third-order valence-corrected chi connectivity index (χ3v) is 6.42. The van der Waals surface area contributed by atoms with Gasteiger partial charge >= 0.3 is 5.97 Å². The van der Waals surface area contributed by atoms with Crippen LogP contribution in [0.3, 0.4) is 0 Å². The summed E-state index contributed by atoms with van der Waals surface area (Å²) in [5, 5.41) is 17.9. The van der Waals surface area contributed by atoms with Gasteiger partial charge in [0.15, 0.2) is 5.69 Å². The van der Waals surface area contributed by atoms with Crippen LogP contribution in [0.4, 0.5) is 11.6 Å². The normalized spacial score (nSPS) is 13.8. The standard InChI is InChI=1S/C24H24ClN7O3/c1-12-7-15(13(2)26-17-5-6-19(25)27-21(17)23(34)35)20-16(8-12)22(33)31(4)24(28-20)32-10-14-9-30(3)29-18(14)11-32/h5-9,13,26H,10-11H2,1-4H3,(H,34,35). The molecule has 1 unspecified atom stereocenters. The zero-order valence-corrected chi connectivity index (χ0v) is 20.5. The van der Waals surface area contributed by atoms with E-state index in [1.807, 2.05) is 44.1 Å². The summed E-state index contributed by atoms with van der Waals surface area (Å²) < 4.78 is 3.36. The Bertz CT molecular complexity index is 1540. The molecule has 10 nitrogen and oxygen atoms in total. The molecule has 4 aromatic rings. The molecule has 1 aliphatic heterocycles. The SMILES string of the molecule is Cc1cc(C(C)Nc2ccc(Cl)nc2C(=O)O)c2nc(N3Cc4cn(C)nc4C3)n(C)c(=O)c2c1. The van der Waals surface area contributed by atoms with Crippen LogP contribution in [0, 0.1) is 6.92 Å². The first kappa shape index (κ1) is 22.9. The van der Waals surface area contributed by atoms with Gasteiger partial charge in [-0.2, -0.15) is 5.10 Å². The fraction of sp³-hybridized carbons (Fsp3) is 0.292. The van der Waals surface area contributed by atoms with E-state index in [1.54, 1.807) is 22.4 Å². The second-order valence-corrected chi connectivity index (χ2v) is 9.25. The zero-order chi connectivity index (χ0) is 25.0. The van der Waals surface area contributed by atoms with Gasteiger partial charge in [-0.05, 0) is 37.6 Å². The molecule has 3 aromatic heterocycles. The number of fused-ring (bicyclic) bond motifs is 2. The van der Waals surface area contributed by atoms with Gasteiger partial charge in [-0.25, -0.2) is 14.8 Å². The van der Waals surface area contributed by atoms with Gasteiger partial charge in [0.2, 0.25) is 5.95 Å². The minimum absolute atomic E-state index is 0.0951. The third-order valence-electron chi connectivity index (χ3n) is 6.21. The van der Waals surface area contributed by atoms with Crippen LogP contribution < -0.4 is 15.8 Å². The van der Waals surface area contributed by atoms with E-state index in [4.69, 9.17) is 16.6 Å². The largest absolute Gasteiger partial charge is 0.476 e. The summed E-state index contributed by atoms with van der Waals surface area (Å²) in [5.74, 6) is -0.632. The molecule has 35 heavy (non-hydrogen) atoms. The van der Waals surface area contributed by atoms with Crippen molar-refractivity contribution in [1.29, 1.82) is 0 Å². The number of rotatable bonds is 5. The Balaban J connectivity index is 1.59. The molecule has 1 aliphatic rings. The molecule has 0 bridgehead atoms. The highest BCUT2D eigenvalue weighted by atomic mass is 35.5. The van der Waals surface area contributed by atoms with Crippen LogP contribution in [0.2, 0.25) is 5.15 Å². The van der Waals surface area contributed by atoms with E-state index in [2.05, 4.69) is 15.4 Å². The fourth-order valence-corrected chi connectivity index (χ4v) is 4.76. The molecule has 5 rings (SSSR count). The Hall–Kier alpha value is -3.92. The zero-order valence-electron chi connectivity index (χ0n) is 19.7. The van der Waals surface area contributed by atoms with Crippen LogP contribution in [0.5, 0.6) is 0 Å². The Morgan fingerprint density at radius 2 is 1.97 bits per heavy atom. The summed E-state index contributed by atoms with van der Waals surface area (Å²) >= 11 is 5.90. The molecule has 0 spiro atoms. The summed E-state index contributed by atoms with van der Waals surface area (Å²) in [6.07, 6.45) is 1.98. The molecule has 4 heterocycles. The fourth-order valence-electron chi connectivity index (χ4n) is 4.61. The van der Waals surface area contributed by atoms with Crippen molar-refractivity contribution in [1.82, 2.24) is 24.3 Å². The van der Waals surface area contributed by atoms with Gasteiger partial charge < -0.3 is 15.3 Å². The minimum atomic E-state index is -1.19. The number of anilines is 2. The minimum Gasteiger partial charge on any atom is -0.476 e. The number of carbonyl (C=O) groups is 1. The maximum Gasteiger partial charge on any atom is 0.356 e. The van der Waals surface area contributed by atoms with Gasteiger partial charge in [0, 0.05) is 38.0 Å². The van der Waals surface area contributed by atoms with Crippen molar-refractivity contribution < 1.29 is 9.90 Å². The molecule has 0 radical (unpaired) electrons. The number of aryl methyl sites for hydroxylation is 2. The summed E-state index contributed by atoms with van der Waals surface area (Å²) in [6.45, 7) is 4.99. The number of carboxylic acids is 1. The lowest BCUT2D eigenvalue weighted by Gasteiger charge is -2.23. The summed E-state index contributed by atoms with van der Waals surface area (Å²) in [4.78, 5) is 36.0. The Morgan fingerprint density at radius 1 is 1.20 bits per heavy atom. The van der Waals surface area contributed by atoms with Crippen LogP contribution >= 0.6 is 11.6 Å². The lowest BCUT2D eigenvalue weighted by atomic mass is 10.0. The van der Waals surface area contributed by atoms with Crippen molar-refractivity contribution in [3.63, 3.8) is 0 Å². The first-order valence-corrected chi connectivity index (χ1v) is 11.4. The Morgan fingerprint density at radius 3 is 2.69 bits per heavy atom. The number of hydrogen-bond acceptors (Lipinski definition) is 7. The molecule has 1 atom stereocenters. The van der Waals surface area contributed by atoms with E-state index in [0.717, 1.165) is 22.4 Å². The second kappa shape index (κ2) is 8.38. The number of pyridine rings is 1. The molecule has 180 valence electrons. The van der Waals surface area contributed by atoms with Crippen molar-refractivity contribution in [3.05, 3.63) is 74.0 Å². The molecule has 2 N–H and O–H groups in total. The van der Waals surface area contributed by atoms with Crippen LogP contribution in [0.25, 0.3) is 10.9 Å². The lowest BCUT2D eigenvalue weighted by molar-refractivity contribution is 0.0691. The maximum absolute atomic E-state index is 13.4. The van der Waals surface area contributed by atoms with E-state index in [0.29, 0.717) is 35.6 Å². The number of carboxylic acid groups (broad SMARTS) is 1. The molecule has 0 saturated heterocycles. The van der Waals surface area contributed by atoms with Gasteiger partial charge in [-0.3, -0.25) is 14.0 Å². The van der Waals surface area contributed by atoms with Crippen molar-refractivity contribution in [2.24, 2.45) is 14.1 Å². The van der Waals surface area contributed by atoms with Crippen LogP contribution in [0.1, 0.15) is 45.8 Å². The van der Waals surface area contributed by atoms with E-state index in [1.165, 1.54) is 6.07 Å². The van der Waals surface area contributed by atoms with Gasteiger partial charge in [0.05, 0.1) is 34.9 Å². The average Bonchev–Trinajstić information content (AvgIpc) is 3.34. The maximum atomic E-state index is 13.4. The van der Waals surface area contributed by atoms with E-state index in [9.17, 15) is 14.7 Å². The van der Waals surface area contributed by atoms with Gasteiger partial charge in [0.1, 0.15) is 5.15 Å². The quantitative estimate of drug-likeness (QED) is 0.406. The molecule has 0 amide bonds. The molecule has 0 fully saturated rings. The van der Waals surface area contributed by atoms with Gasteiger partial charge in [0.25, 0.3) is 5.56 Å². The van der Waals surface area contributed by atoms with Crippen molar-refractivity contribution in [2.45, 2.75) is 33.0 Å². The number of nitrogens with one attached hydrogen (secondary N) is 1. The highest BCUT2D eigenvalue weighted by Gasteiger charge is 2.27. The molecule has 0 aliphatic carbocycles. The molecule has 11 heteroatoms. The van der Waals surface area contributed by atoms with Crippen LogP contribution in [-0.4, -0.2) is 35.4 Å². The van der Waals surface area contributed by atoms with Gasteiger partial charge in [-0.15, -0.1) is 0 Å². The third kappa shape index (κ3) is 3.99. The van der Waals surface area contributed by atoms with Crippen molar-refractivity contribution >= 4 is 40.1 Å². The monoisotopic (exact) mass is 493 g/mol. The number of aromatic carboxylic acids is 1.